The van der Waals surface area contributed by atoms with Crippen LogP contribution in [0.1, 0.15) is 12.5 Å². The highest BCUT2D eigenvalue weighted by atomic mass is 16.6. The molecule has 94 valence electrons. The summed E-state index contributed by atoms with van der Waals surface area (Å²) < 4.78 is 10.3. The quantitative estimate of drug-likeness (QED) is 0.621. The summed E-state index contributed by atoms with van der Waals surface area (Å²) in [5, 5.41) is 11.1. The number of benzene rings is 1. The molecule has 0 spiro atoms. The summed E-state index contributed by atoms with van der Waals surface area (Å²) in [6.07, 6.45) is 0. The molecule has 0 aliphatic rings. The van der Waals surface area contributed by atoms with Crippen LogP contribution in [0.2, 0.25) is 0 Å². The van der Waals surface area contributed by atoms with Crippen molar-refractivity contribution in [2.45, 2.75) is 12.5 Å². The van der Waals surface area contributed by atoms with Crippen molar-refractivity contribution in [1.82, 2.24) is 0 Å². The number of hydrogen-bond donors (Lipinski definition) is 1. The normalized spacial score (nSPS) is 14.1. The fraction of sp³-hybridized carbons (Fsp3) is 0.455. The van der Waals surface area contributed by atoms with Gasteiger partial charge in [-0.05, 0) is 19.1 Å². The van der Waals surface area contributed by atoms with Gasteiger partial charge in [0.15, 0.2) is 5.75 Å². The molecule has 1 aromatic rings. The van der Waals surface area contributed by atoms with Crippen molar-refractivity contribution in [3.63, 3.8) is 0 Å². The van der Waals surface area contributed by atoms with Crippen LogP contribution in [0.4, 0.5) is 5.69 Å². The third-order valence-corrected chi connectivity index (χ3v) is 2.81. The van der Waals surface area contributed by atoms with Crippen molar-refractivity contribution >= 4 is 5.69 Å². The van der Waals surface area contributed by atoms with Crippen molar-refractivity contribution < 1.29 is 14.4 Å². The molecule has 6 nitrogen and oxygen atoms in total. The zero-order valence-corrected chi connectivity index (χ0v) is 10.1. The predicted molar refractivity (Wildman–Crippen MR) is 63.1 cm³/mol. The lowest BCUT2D eigenvalue weighted by Gasteiger charge is -2.26. The summed E-state index contributed by atoms with van der Waals surface area (Å²) in [7, 11) is 2.86. The zero-order valence-electron chi connectivity index (χ0n) is 10.1. The van der Waals surface area contributed by atoms with Crippen LogP contribution in [0.3, 0.4) is 0 Å². The van der Waals surface area contributed by atoms with Gasteiger partial charge in [0.05, 0.1) is 17.6 Å². The number of nitro benzene ring substituents is 1. The molecule has 0 aliphatic heterocycles. The fourth-order valence-corrected chi connectivity index (χ4v) is 1.61. The number of nitrogens with zero attached hydrogens (tertiary/aromatic N) is 1. The first-order valence-corrected chi connectivity index (χ1v) is 5.07. The van der Waals surface area contributed by atoms with E-state index < -0.39 is 10.5 Å². The number of nitrogens with two attached hydrogens (primary N) is 1. The number of nitro groups is 1. The highest BCUT2D eigenvalue weighted by Gasteiger charge is 2.34. The van der Waals surface area contributed by atoms with Crippen LogP contribution in [0, 0.1) is 10.1 Å². The highest BCUT2D eigenvalue weighted by Crippen LogP contribution is 2.38. The molecule has 0 amide bonds. The van der Waals surface area contributed by atoms with Crippen LogP contribution in [-0.2, 0) is 10.3 Å². The monoisotopic (exact) mass is 240 g/mol. The molecule has 0 radical (unpaired) electrons. The molecule has 0 aliphatic carbocycles. The third-order valence-electron chi connectivity index (χ3n) is 2.81. The van der Waals surface area contributed by atoms with Crippen LogP contribution in [-0.4, -0.2) is 25.7 Å². The summed E-state index contributed by atoms with van der Waals surface area (Å²) >= 11 is 0. The first kappa shape index (κ1) is 13.4. The Morgan fingerprint density at radius 3 is 2.53 bits per heavy atom. The van der Waals surface area contributed by atoms with Gasteiger partial charge in [0.25, 0.3) is 0 Å². The number of ether oxygens (including phenoxy) is 2. The average Bonchev–Trinajstić information content (AvgIpc) is 2.36. The number of para-hydroxylation sites is 1. The fourth-order valence-electron chi connectivity index (χ4n) is 1.61. The largest absolute Gasteiger partial charge is 0.490 e. The van der Waals surface area contributed by atoms with Crippen molar-refractivity contribution in [3.05, 3.63) is 33.9 Å². The van der Waals surface area contributed by atoms with E-state index in [-0.39, 0.29) is 18.0 Å². The molecule has 1 rings (SSSR count). The Balaban J connectivity index is 3.47. The first-order valence-electron chi connectivity index (χ1n) is 5.07. The topological polar surface area (TPSA) is 87.6 Å². The molecule has 0 fully saturated rings. The molecule has 1 unspecified atom stereocenters. The van der Waals surface area contributed by atoms with E-state index in [1.54, 1.807) is 19.1 Å². The Morgan fingerprint density at radius 1 is 1.47 bits per heavy atom. The lowest BCUT2D eigenvalue weighted by atomic mass is 9.94. The molecule has 1 aromatic carbocycles. The van der Waals surface area contributed by atoms with Gasteiger partial charge in [0.2, 0.25) is 0 Å². The first-order chi connectivity index (χ1) is 8.00. The van der Waals surface area contributed by atoms with Crippen molar-refractivity contribution in [2.24, 2.45) is 5.73 Å². The predicted octanol–water partition coefficient (Wildman–Crippen LogP) is 1.42. The van der Waals surface area contributed by atoms with E-state index >= 15 is 0 Å². The molecule has 0 heterocycles. The zero-order chi connectivity index (χ0) is 13.1. The second-order valence-electron chi connectivity index (χ2n) is 3.75. The van der Waals surface area contributed by atoms with Crippen LogP contribution in [0.15, 0.2) is 18.2 Å². The minimum atomic E-state index is -0.906. The maximum Gasteiger partial charge on any atom is 0.317 e. The van der Waals surface area contributed by atoms with E-state index in [0.29, 0.717) is 5.56 Å². The van der Waals surface area contributed by atoms with E-state index in [2.05, 4.69) is 0 Å². The lowest BCUT2D eigenvalue weighted by molar-refractivity contribution is -0.387. The molecule has 1 atom stereocenters. The van der Waals surface area contributed by atoms with Crippen LogP contribution in [0.25, 0.3) is 0 Å². The van der Waals surface area contributed by atoms with E-state index in [0.717, 1.165) is 0 Å². The lowest BCUT2D eigenvalue weighted by Crippen LogP contribution is -2.34. The van der Waals surface area contributed by atoms with Crippen LogP contribution in [0.5, 0.6) is 5.75 Å². The number of hydrogen-bond acceptors (Lipinski definition) is 5. The maximum absolute atomic E-state index is 11.1. The molecule has 0 saturated carbocycles. The summed E-state index contributed by atoms with van der Waals surface area (Å²) in [6.45, 7) is 1.84. The summed E-state index contributed by atoms with van der Waals surface area (Å²) in [6, 6.07) is 4.83. The molecule has 0 aromatic heterocycles. The Bertz CT molecular complexity index is 416. The maximum atomic E-state index is 11.1. The van der Waals surface area contributed by atoms with Gasteiger partial charge < -0.3 is 15.2 Å². The smallest absolute Gasteiger partial charge is 0.317 e. The minimum Gasteiger partial charge on any atom is -0.490 e. The van der Waals surface area contributed by atoms with E-state index in [1.165, 1.54) is 20.3 Å². The molecule has 0 bridgehead atoms. The highest BCUT2D eigenvalue weighted by molar-refractivity contribution is 5.55. The van der Waals surface area contributed by atoms with Crippen molar-refractivity contribution in [3.8, 4) is 5.75 Å². The van der Waals surface area contributed by atoms with Crippen molar-refractivity contribution in [2.75, 3.05) is 20.8 Å². The summed E-state index contributed by atoms with van der Waals surface area (Å²) in [5.41, 5.74) is 5.02. The minimum absolute atomic E-state index is 0.107. The number of rotatable bonds is 5. The van der Waals surface area contributed by atoms with Gasteiger partial charge in [0.1, 0.15) is 5.60 Å². The molecule has 2 N–H and O–H groups in total. The molecule has 0 saturated heterocycles. The van der Waals surface area contributed by atoms with Gasteiger partial charge in [-0.3, -0.25) is 10.1 Å². The Kier molecular flexibility index (Phi) is 4.03. The second-order valence-corrected chi connectivity index (χ2v) is 3.75. The second kappa shape index (κ2) is 5.11. The van der Waals surface area contributed by atoms with E-state index in [1.807, 2.05) is 0 Å². The van der Waals surface area contributed by atoms with Crippen molar-refractivity contribution in [1.29, 1.82) is 0 Å². The average molecular weight is 240 g/mol. The third kappa shape index (κ3) is 2.37. The van der Waals surface area contributed by atoms with Gasteiger partial charge in [0, 0.05) is 13.7 Å². The molecular formula is C11H16N2O4. The molecular weight excluding hydrogens is 224 g/mol. The van der Waals surface area contributed by atoms with Gasteiger partial charge in [-0.2, -0.15) is 0 Å². The molecule has 6 heteroatoms. The number of methoxy groups -OCH3 is 2. The Hall–Kier alpha value is -1.66. The van der Waals surface area contributed by atoms with Gasteiger partial charge in [-0.1, -0.05) is 6.07 Å². The van der Waals surface area contributed by atoms with Gasteiger partial charge >= 0.3 is 5.69 Å². The summed E-state index contributed by atoms with van der Waals surface area (Å²) in [4.78, 5) is 10.6. The van der Waals surface area contributed by atoms with E-state index in [4.69, 9.17) is 15.2 Å². The SMILES string of the molecule is COc1cccc(C(C)(CN)OC)c1[N+](=O)[O-]. The molecule has 17 heavy (non-hydrogen) atoms. The van der Waals surface area contributed by atoms with Gasteiger partial charge in [-0.15, -0.1) is 0 Å². The Morgan fingerprint density at radius 2 is 2.12 bits per heavy atom. The van der Waals surface area contributed by atoms with Gasteiger partial charge in [-0.25, -0.2) is 0 Å². The Labute approximate surface area is 99.5 Å². The standard InChI is InChI=1S/C11H16N2O4/c1-11(7-12,17-3)8-5-4-6-9(16-2)10(8)13(14)15/h4-6H,7,12H2,1-3H3. The van der Waals surface area contributed by atoms with E-state index in [9.17, 15) is 10.1 Å². The van der Waals surface area contributed by atoms with Crippen LogP contribution < -0.4 is 10.5 Å². The summed E-state index contributed by atoms with van der Waals surface area (Å²) in [5.74, 6) is 0.198. The van der Waals surface area contributed by atoms with Crippen LogP contribution >= 0.6 is 0 Å².